The Morgan fingerprint density at radius 3 is 2.69 bits per heavy atom. The minimum atomic E-state index is -0.291. The topological polar surface area (TPSA) is 80.3 Å². The van der Waals surface area contributed by atoms with Gasteiger partial charge in [0.25, 0.3) is 5.91 Å². The predicted molar refractivity (Wildman–Crippen MR) is 104 cm³/mol. The predicted octanol–water partition coefficient (Wildman–Crippen LogP) is 3.91. The highest BCUT2D eigenvalue weighted by molar-refractivity contribution is 7.22. The summed E-state index contributed by atoms with van der Waals surface area (Å²) >= 11 is 1.41. The first-order valence-electron chi connectivity index (χ1n) is 8.20. The Bertz CT molecular complexity index is 903. The van der Waals surface area contributed by atoms with Crippen molar-refractivity contribution in [1.82, 2.24) is 4.98 Å². The summed E-state index contributed by atoms with van der Waals surface area (Å²) < 4.78 is 6.52. The summed E-state index contributed by atoms with van der Waals surface area (Å²) in [4.78, 5) is 28.2. The molecule has 0 saturated heterocycles. The van der Waals surface area contributed by atoms with Crippen LogP contribution in [0.15, 0.2) is 48.5 Å². The van der Waals surface area contributed by atoms with Crippen LogP contribution in [0.5, 0.6) is 5.75 Å². The number of rotatable bonds is 6. The van der Waals surface area contributed by atoms with E-state index in [-0.39, 0.29) is 24.3 Å². The van der Waals surface area contributed by atoms with Gasteiger partial charge in [-0.1, -0.05) is 43.4 Å². The van der Waals surface area contributed by atoms with Gasteiger partial charge in [-0.15, -0.1) is 0 Å². The molecule has 7 heteroatoms. The lowest BCUT2D eigenvalue weighted by Gasteiger charge is -2.10. The molecule has 26 heavy (non-hydrogen) atoms. The summed E-state index contributed by atoms with van der Waals surface area (Å²) in [5.74, 6) is 0.0292. The van der Waals surface area contributed by atoms with Gasteiger partial charge >= 0.3 is 0 Å². The third kappa shape index (κ3) is 4.58. The maximum absolute atomic E-state index is 12.1. The molecule has 6 nitrogen and oxygen atoms in total. The fraction of sp³-hybridized carbons (Fsp3) is 0.211. The number of carbonyl (C=O) groups is 2. The van der Waals surface area contributed by atoms with Crippen molar-refractivity contribution in [2.75, 3.05) is 17.2 Å². The average Bonchev–Trinajstić information content (AvgIpc) is 3.02. The summed E-state index contributed by atoms with van der Waals surface area (Å²) in [5.41, 5.74) is 1.48. The van der Waals surface area contributed by atoms with Crippen LogP contribution in [0.3, 0.4) is 0 Å². The van der Waals surface area contributed by atoms with Crippen LogP contribution in [-0.4, -0.2) is 23.4 Å². The van der Waals surface area contributed by atoms with Crippen LogP contribution in [0.1, 0.15) is 13.8 Å². The molecule has 0 atom stereocenters. The number of hydrogen-bond donors (Lipinski definition) is 2. The SMILES string of the molecule is CC(C)C(=O)Nc1cccc(OCC(=O)Nc2nc3ccccc3s2)c1. The maximum Gasteiger partial charge on any atom is 0.264 e. The molecule has 0 fully saturated rings. The van der Waals surface area contributed by atoms with E-state index in [1.807, 2.05) is 38.1 Å². The number of ether oxygens (including phenoxy) is 1. The minimum absolute atomic E-state index is 0.0734. The van der Waals surface area contributed by atoms with Crippen molar-refractivity contribution in [3.05, 3.63) is 48.5 Å². The Kier molecular flexibility index (Phi) is 5.48. The van der Waals surface area contributed by atoms with Crippen LogP contribution >= 0.6 is 11.3 Å². The van der Waals surface area contributed by atoms with Crippen LogP contribution < -0.4 is 15.4 Å². The summed E-state index contributed by atoms with van der Waals surface area (Å²) in [6.45, 7) is 3.50. The molecular formula is C19H19N3O3S. The Morgan fingerprint density at radius 2 is 1.92 bits per heavy atom. The van der Waals surface area contributed by atoms with E-state index in [0.717, 1.165) is 10.2 Å². The highest BCUT2D eigenvalue weighted by atomic mass is 32.1. The van der Waals surface area contributed by atoms with Gasteiger partial charge in [0.15, 0.2) is 11.7 Å². The van der Waals surface area contributed by atoms with Gasteiger partial charge in [-0.25, -0.2) is 4.98 Å². The lowest BCUT2D eigenvalue weighted by atomic mass is 10.2. The van der Waals surface area contributed by atoms with Crippen LogP contribution in [0.25, 0.3) is 10.2 Å². The van der Waals surface area contributed by atoms with E-state index in [1.54, 1.807) is 24.3 Å². The first-order valence-corrected chi connectivity index (χ1v) is 9.02. The van der Waals surface area contributed by atoms with Gasteiger partial charge in [-0.05, 0) is 24.3 Å². The second-order valence-electron chi connectivity index (χ2n) is 6.00. The third-order valence-corrected chi connectivity index (χ3v) is 4.49. The molecule has 2 amide bonds. The highest BCUT2D eigenvalue weighted by Gasteiger charge is 2.10. The molecule has 0 unspecified atom stereocenters. The van der Waals surface area contributed by atoms with Gasteiger partial charge in [0.2, 0.25) is 5.91 Å². The summed E-state index contributed by atoms with van der Waals surface area (Å²) in [7, 11) is 0. The minimum Gasteiger partial charge on any atom is -0.484 e. The van der Waals surface area contributed by atoms with Crippen molar-refractivity contribution in [2.45, 2.75) is 13.8 Å². The number of anilines is 2. The average molecular weight is 369 g/mol. The van der Waals surface area contributed by atoms with Gasteiger partial charge in [-0.2, -0.15) is 0 Å². The van der Waals surface area contributed by atoms with Crippen molar-refractivity contribution in [1.29, 1.82) is 0 Å². The molecule has 2 N–H and O–H groups in total. The first-order chi connectivity index (χ1) is 12.5. The molecule has 0 aliphatic carbocycles. The zero-order valence-corrected chi connectivity index (χ0v) is 15.3. The number of hydrogen-bond acceptors (Lipinski definition) is 5. The molecule has 0 saturated carbocycles. The number of thiazole rings is 1. The van der Waals surface area contributed by atoms with E-state index in [1.165, 1.54) is 11.3 Å². The van der Waals surface area contributed by atoms with Crippen molar-refractivity contribution in [2.24, 2.45) is 5.92 Å². The fourth-order valence-corrected chi connectivity index (χ4v) is 3.06. The van der Waals surface area contributed by atoms with Crippen molar-refractivity contribution in [3.8, 4) is 5.75 Å². The number of fused-ring (bicyclic) bond motifs is 1. The summed E-state index contributed by atoms with van der Waals surface area (Å²) in [6, 6.07) is 14.6. The van der Waals surface area contributed by atoms with Crippen molar-refractivity contribution >= 4 is 44.2 Å². The largest absolute Gasteiger partial charge is 0.484 e. The highest BCUT2D eigenvalue weighted by Crippen LogP contribution is 2.25. The number of carbonyl (C=O) groups excluding carboxylic acids is 2. The number of nitrogens with zero attached hydrogens (tertiary/aromatic N) is 1. The number of amides is 2. The van der Waals surface area contributed by atoms with Crippen molar-refractivity contribution in [3.63, 3.8) is 0 Å². The van der Waals surface area contributed by atoms with Gasteiger partial charge < -0.3 is 10.1 Å². The Labute approximate surface area is 155 Å². The molecule has 0 aliphatic heterocycles. The number of aromatic nitrogens is 1. The van der Waals surface area contributed by atoms with Crippen LogP contribution in [0.2, 0.25) is 0 Å². The van der Waals surface area contributed by atoms with Gasteiger partial charge in [0.05, 0.1) is 10.2 Å². The van der Waals surface area contributed by atoms with E-state index in [2.05, 4.69) is 15.6 Å². The molecule has 2 aromatic carbocycles. The smallest absolute Gasteiger partial charge is 0.264 e. The molecule has 134 valence electrons. The standard InChI is InChI=1S/C19H19N3O3S/c1-12(2)18(24)20-13-6-5-7-14(10-13)25-11-17(23)22-19-21-15-8-3-4-9-16(15)26-19/h3-10,12H,11H2,1-2H3,(H,20,24)(H,21,22,23). The Morgan fingerprint density at radius 1 is 1.12 bits per heavy atom. The Hall–Kier alpha value is -2.93. The van der Waals surface area contributed by atoms with E-state index in [9.17, 15) is 9.59 Å². The monoisotopic (exact) mass is 369 g/mol. The number of para-hydroxylation sites is 1. The van der Waals surface area contributed by atoms with Gasteiger partial charge in [-0.3, -0.25) is 14.9 Å². The van der Waals surface area contributed by atoms with E-state index in [4.69, 9.17) is 4.74 Å². The van der Waals surface area contributed by atoms with E-state index < -0.39 is 0 Å². The number of nitrogens with one attached hydrogen (secondary N) is 2. The molecular weight excluding hydrogens is 350 g/mol. The van der Waals surface area contributed by atoms with Gasteiger partial charge in [0, 0.05) is 17.7 Å². The lowest BCUT2D eigenvalue weighted by molar-refractivity contribution is -0.119. The molecule has 0 aliphatic rings. The molecule has 1 heterocycles. The zero-order valence-electron chi connectivity index (χ0n) is 14.5. The quantitative estimate of drug-likeness (QED) is 0.690. The summed E-state index contributed by atoms with van der Waals surface area (Å²) in [6.07, 6.45) is 0. The summed E-state index contributed by atoms with van der Waals surface area (Å²) in [5, 5.41) is 6.07. The maximum atomic E-state index is 12.1. The Balaban J connectivity index is 1.56. The molecule has 0 spiro atoms. The van der Waals surface area contributed by atoms with Gasteiger partial charge in [0.1, 0.15) is 5.75 Å². The first kappa shape index (κ1) is 17.9. The normalized spacial score (nSPS) is 10.7. The van der Waals surface area contributed by atoms with Crippen LogP contribution in [0, 0.1) is 5.92 Å². The van der Waals surface area contributed by atoms with Crippen molar-refractivity contribution < 1.29 is 14.3 Å². The zero-order chi connectivity index (χ0) is 18.5. The fourth-order valence-electron chi connectivity index (χ4n) is 2.18. The second kappa shape index (κ2) is 7.97. The molecule has 3 rings (SSSR count). The molecule has 0 bridgehead atoms. The molecule has 0 radical (unpaired) electrons. The van der Waals surface area contributed by atoms with E-state index >= 15 is 0 Å². The molecule has 3 aromatic rings. The lowest BCUT2D eigenvalue weighted by Crippen LogP contribution is -2.20. The third-order valence-electron chi connectivity index (χ3n) is 3.54. The van der Waals surface area contributed by atoms with Crippen LogP contribution in [0.4, 0.5) is 10.8 Å². The van der Waals surface area contributed by atoms with Crippen LogP contribution in [-0.2, 0) is 9.59 Å². The van der Waals surface area contributed by atoms with E-state index in [0.29, 0.717) is 16.6 Å². The number of benzene rings is 2. The molecule has 1 aromatic heterocycles. The second-order valence-corrected chi connectivity index (χ2v) is 7.03.